The predicted molar refractivity (Wildman–Crippen MR) is 97.4 cm³/mol. The molecule has 0 N–H and O–H groups in total. The van der Waals surface area contributed by atoms with Crippen molar-refractivity contribution in [1.29, 1.82) is 0 Å². The first-order valence-corrected chi connectivity index (χ1v) is 9.22. The zero-order valence-electron chi connectivity index (χ0n) is 15.3. The Hall–Kier alpha value is -1.77. The van der Waals surface area contributed by atoms with Gasteiger partial charge in [-0.1, -0.05) is 51.2 Å². The Balaban J connectivity index is 2.04. The van der Waals surface area contributed by atoms with Gasteiger partial charge in [0.25, 0.3) is 0 Å². The first-order chi connectivity index (χ1) is 11.7. The third-order valence-electron chi connectivity index (χ3n) is 4.80. The topological polar surface area (TPSA) is 35.5 Å². The van der Waals surface area contributed by atoms with E-state index in [4.69, 9.17) is 9.47 Å². The van der Waals surface area contributed by atoms with Gasteiger partial charge in [-0.2, -0.15) is 0 Å². The third-order valence-corrected chi connectivity index (χ3v) is 4.80. The molecule has 3 nitrogen and oxygen atoms in total. The number of rotatable bonds is 9. The summed E-state index contributed by atoms with van der Waals surface area (Å²) in [5.74, 6) is 2.71. The lowest BCUT2D eigenvalue weighted by atomic mass is 9.94. The zero-order valence-corrected chi connectivity index (χ0v) is 15.3. The number of ketones is 1. The second kappa shape index (κ2) is 9.51. The molecule has 0 aliphatic heterocycles. The first-order valence-electron chi connectivity index (χ1n) is 9.22. The number of ether oxygens (including phenoxy) is 2. The molecule has 1 unspecified atom stereocenters. The van der Waals surface area contributed by atoms with E-state index in [2.05, 4.69) is 6.92 Å². The Labute approximate surface area is 146 Å². The molecule has 1 atom stereocenters. The Morgan fingerprint density at radius 1 is 1.12 bits per heavy atom. The highest BCUT2D eigenvalue weighted by Gasteiger charge is 2.31. The van der Waals surface area contributed by atoms with Crippen LogP contribution in [0.5, 0.6) is 11.5 Å². The van der Waals surface area contributed by atoms with Crippen molar-refractivity contribution in [2.45, 2.75) is 65.2 Å². The van der Waals surface area contributed by atoms with E-state index < -0.39 is 0 Å². The van der Waals surface area contributed by atoms with Crippen LogP contribution in [-0.4, -0.2) is 12.9 Å². The molecule has 0 spiro atoms. The van der Waals surface area contributed by atoms with Crippen molar-refractivity contribution in [3.8, 4) is 11.5 Å². The molecule has 1 aliphatic carbocycles. The molecule has 0 heterocycles. The summed E-state index contributed by atoms with van der Waals surface area (Å²) in [5, 5.41) is 0. The molecular formula is C21H30O3. The van der Waals surface area contributed by atoms with E-state index in [1.54, 1.807) is 7.11 Å². The average Bonchev–Trinajstić information content (AvgIpc) is 2.96. The van der Waals surface area contributed by atoms with E-state index in [1.165, 1.54) is 32.1 Å². The van der Waals surface area contributed by atoms with E-state index in [0.29, 0.717) is 23.8 Å². The van der Waals surface area contributed by atoms with Crippen LogP contribution in [0.1, 0.15) is 65.2 Å². The molecular weight excluding hydrogens is 300 g/mol. The second-order valence-corrected chi connectivity index (χ2v) is 6.58. The van der Waals surface area contributed by atoms with Crippen molar-refractivity contribution in [3.05, 3.63) is 35.6 Å². The SMILES string of the molecule is CCCCCCCC1CCC(=O)/C1=C(\C)Oc1ccccc1OC. The van der Waals surface area contributed by atoms with E-state index in [0.717, 1.165) is 24.2 Å². The summed E-state index contributed by atoms with van der Waals surface area (Å²) in [5.41, 5.74) is 0.899. The molecule has 2 rings (SSSR count). The van der Waals surface area contributed by atoms with E-state index in [1.807, 2.05) is 31.2 Å². The number of carbonyl (C=O) groups is 1. The van der Waals surface area contributed by atoms with Crippen LogP contribution in [0.2, 0.25) is 0 Å². The highest BCUT2D eigenvalue weighted by Crippen LogP contribution is 2.36. The monoisotopic (exact) mass is 330 g/mol. The van der Waals surface area contributed by atoms with E-state index in [-0.39, 0.29) is 5.78 Å². The Bertz CT molecular complexity index is 574. The van der Waals surface area contributed by atoms with Gasteiger partial charge in [0, 0.05) is 12.0 Å². The fourth-order valence-corrected chi connectivity index (χ4v) is 3.50. The maximum Gasteiger partial charge on any atom is 0.168 e. The first kappa shape index (κ1) is 18.6. The molecule has 0 amide bonds. The number of unbranched alkanes of at least 4 members (excludes halogenated alkanes) is 4. The van der Waals surface area contributed by atoms with Gasteiger partial charge in [-0.05, 0) is 37.8 Å². The lowest BCUT2D eigenvalue weighted by Crippen LogP contribution is -2.08. The van der Waals surface area contributed by atoms with Crippen molar-refractivity contribution < 1.29 is 14.3 Å². The number of hydrogen-bond acceptors (Lipinski definition) is 3. The van der Waals surface area contributed by atoms with Crippen LogP contribution < -0.4 is 9.47 Å². The average molecular weight is 330 g/mol. The van der Waals surface area contributed by atoms with Gasteiger partial charge in [-0.15, -0.1) is 0 Å². The van der Waals surface area contributed by atoms with Crippen LogP contribution in [0.3, 0.4) is 0 Å². The highest BCUT2D eigenvalue weighted by molar-refractivity contribution is 5.98. The summed E-state index contributed by atoms with van der Waals surface area (Å²) < 4.78 is 11.3. The van der Waals surface area contributed by atoms with E-state index >= 15 is 0 Å². The van der Waals surface area contributed by atoms with Crippen LogP contribution in [0.4, 0.5) is 0 Å². The molecule has 0 radical (unpaired) electrons. The molecule has 132 valence electrons. The van der Waals surface area contributed by atoms with Gasteiger partial charge < -0.3 is 9.47 Å². The number of benzene rings is 1. The molecule has 1 aromatic rings. The minimum atomic E-state index is 0.251. The molecule has 1 fully saturated rings. The molecule has 24 heavy (non-hydrogen) atoms. The summed E-state index contributed by atoms with van der Waals surface area (Å²) in [6.45, 7) is 4.14. The van der Waals surface area contributed by atoms with Crippen LogP contribution in [-0.2, 0) is 4.79 Å². The summed E-state index contributed by atoms with van der Waals surface area (Å²) in [4.78, 5) is 12.3. The summed E-state index contributed by atoms with van der Waals surface area (Å²) >= 11 is 0. The minimum absolute atomic E-state index is 0.251. The van der Waals surface area contributed by atoms with Crippen LogP contribution in [0.25, 0.3) is 0 Å². The quantitative estimate of drug-likeness (QED) is 0.331. The van der Waals surface area contributed by atoms with Crippen LogP contribution in [0.15, 0.2) is 35.6 Å². The molecule has 0 bridgehead atoms. The van der Waals surface area contributed by atoms with Gasteiger partial charge in [0.05, 0.1) is 7.11 Å². The maximum atomic E-state index is 12.3. The van der Waals surface area contributed by atoms with Gasteiger partial charge in [-0.25, -0.2) is 0 Å². The van der Waals surface area contributed by atoms with Gasteiger partial charge in [0.15, 0.2) is 17.3 Å². The van der Waals surface area contributed by atoms with Crippen molar-refractivity contribution in [1.82, 2.24) is 0 Å². The molecule has 1 saturated carbocycles. The lowest BCUT2D eigenvalue weighted by molar-refractivity contribution is -0.114. The lowest BCUT2D eigenvalue weighted by Gasteiger charge is -2.16. The number of Topliss-reactive ketones (excluding diaryl/α,β-unsaturated/α-hetero) is 1. The Morgan fingerprint density at radius 3 is 2.54 bits per heavy atom. The number of carbonyl (C=O) groups excluding carboxylic acids is 1. The van der Waals surface area contributed by atoms with E-state index in [9.17, 15) is 4.79 Å². The van der Waals surface area contributed by atoms with Crippen molar-refractivity contribution in [2.24, 2.45) is 5.92 Å². The largest absolute Gasteiger partial charge is 0.493 e. The molecule has 0 aromatic heterocycles. The Kier molecular flexibility index (Phi) is 7.36. The Morgan fingerprint density at radius 2 is 1.83 bits per heavy atom. The van der Waals surface area contributed by atoms with Crippen molar-refractivity contribution >= 4 is 5.78 Å². The zero-order chi connectivity index (χ0) is 17.4. The minimum Gasteiger partial charge on any atom is -0.493 e. The van der Waals surface area contributed by atoms with Gasteiger partial charge in [0.1, 0.15) is 5.76 Å². The number of para-hydroxylation sites is 2. The second-order valence-electron chi connectivity index (χ2n) is 6.58. The van der Waals surface area contributed by atoms with Crippen molar-refractivity contribution in [3.63, 3.8) is 0 Å². The van der Waals surface area contributed by atoms with Gasteiger partial charge >= 0.3 is 0 Å². The molecule has 1 aliphatic rings. The van der Waals surface area contributed by atoms with Crippen molar-refractivity contribution in [2.75, 3.05) is 7.11 Å². The van der Waals surface area contributed by atoms with Crippen LogP contribution >= 0.6 is 0 Å². The number of methoxy groups -OCH3 is 1. The fourth-order valence-electron chi connectivity index (χ4n) is 3.50. The predicted octanol–water partition coefficient (Wildman–Crippen LogP) is 5.69. The number of hydrogen-bond donors (Lipinski definition) is 0. The smallest absolute Gasteiger partial charge is 0.168 e. The summed E-state index contributed by atoms with van der Waals surface area (Å²) in [6.07, 6.45) is 9.04. The highest BCUT2D eigenvalue weighted by atomic mass is 16.5. The molecule has 0 saturated heterocycles. The molecule has 3 heteroatoms. The maximum absolute atomic E-state index is 12.3. The normalized spacial score (nSPS) is 19.5. The number of allylic oxidation sites excluding steroid dienone is 2. The molecule has 1 aromatic carbocycles. The third kappa shape index (κ3) is 4.86. The fraction of sp³-hybridized carbons (Fsp3) is 0.571. The summed E-state index contributed by atoms with van der Waals surface area (Å²) in [6, 6.07) is 7.57. The standard InChI is InChI=1S/C21H30O3/c1-4-5-6-7-8-11-17-14-15-18(22)21(17)16(2)24-20-13-10-9-12-19(20)23-3/h9-10,12-13,17H,4-8,11,14-15H2,1-3H3/b21-16+. The van der Waals surface area contributed by atoms with Crippen LogP contribution in [0, 0.1) is 5.92 Å². The van der Waals surface area contributed by atoms with Gasteiger partial charge in [0.2, 0.25) is 0 Å². The summed E-state index contributed by atoms with van der Waals surface area (Å²) in [7, 11) is 1.63. The van der Waals surface area contributed by atoms with Gasteiger partial charge in [-0.3, -0.25) is 4.79 Å².